The van der Waals surface area contributed by atoms with Gasteiger partial charge in [-0.15, -0.1) is 0 Å². The molecule has 2 atom stereocenters. The van der Waals surface area contributed by atoms with Crippen LogP contribution in [0, 0.1) is 5.82 Å². The summed E-state index contributed by atoms with van der Waals surface area (Å²) in [6, 6.07) is 2.97. The fourth-order valence-electron chi connectivity index (χ4n) is 2.32. The summed E-state index contributed by atoms with van der Waals surface area (Å²) < 4.78 is 21.0. The number of aromatic nitrogens is 3. The van der Waals surface area contributed by atoms with Gasteiger partial charge in [-0.1, -0.05) is 0 Å². The van der Waals surface area contributed by atoms with E-state index in [0.717, 1.165) is 12.0 Å². The Morgan fingerprint density at radius 1 is 1.53 bits per heavy atom. The number of anilines is 1. The van der Waals surface area contributed by atoms with Crippen LogP contribution in [0.2, 0.25) is 0 Å². The van der Waals surface area contributed by atoms with Gasteiger partial charge < -0.3 is 10.1 Å². The number of hydrogen-bond acceptors (Lipinski definition) is 4. The number of aryl methyl sites for hydroxylation is 1. The van der Waals surface area contributed by atoms with Crippen molar-refractivity contribution in [3.05, 3.63) is 42.1 Å². The van der Waals surface area contributed by atoms with Gasteiger partial charge in [-0.05, 0) is 18.6 Å². The Bertz CT molecular complexity index is 571. The lowest BCUT2D eigenvalue weighted by Crippen LogP contribution is -2.24. The molecule has 19 heavy (non-hydrogen) atoms. The number of rotatable bonds is 3. The van der Waals surface area contributed by atoms with E-state index in [1.807, 2.05) is 13.2 Å². The number of halogens is 1. The van der Waals surface area contributed by atoms with E-state index in [-0.39, 0.29) is 23.8 Å². The third-order valence-corrected chi connectivity index (χ3v) is 3.23. The Hall–Kier alpha value is -1.95. The van der Waals surface area contributed by atoms with Crippen LogP contribution >= 0.6 is 0 Å². The molecule has 3 heterocycles. The molecule has 0 saturated carbocycles. The number of hydrogen-bond donors (Lipinski definition) is 1. The second kappa shape index (κ2) is 4.97. The first-order valence-corrected chi connectivity index (χ1v) is 6.21. The van der Waals surface area contributed by atoms with Gasteiger partial charge in [0.25, 0.3) is 0 Å². The third kappa shape index (κ3) is 2.44. The van der Waals surface area contributed by atoms with Crippen molar-refractivity contribution in [1.29, 1.82) is 0 Å². The van der Waals surface area contributed by atoms with Gasteiger partial charge in [0.05, 0.1) is 12.2 Å². The molecule has 1 N–H and O–H groups in total. The monoisotopic (exact) mass is 262 g/mol. The minimum atomic E-state index is -0.348. The van der Waals surface area contributed by atoms with Crippen LogP contribution in [0.1, 0.15) is 18.1 Å². The minimum Gasteiger partial charge on any atom is -0.371 e. The van der Waals surface area contributed by atoms with Crippen molar-refractivity contribution in [2.45, 2.75) is 18.6 Å². The molecule has 2 aromatic rings. The third-order valence-electron chi connectivity index (χ3n) is 3.23. The van der Waals surface area contributed by atoms with E-state index in [9.17, 15) is 4.39 Å². The minimum absolute atomic E-state index is 0.00796. The number of nitrogens with one attached hydrogen (secondary N) is 1. The summed E-state index contributed by atoms with van der Waals surface area (Å²) in [6.07, 6.45) is 5.96. The van der Waals surface area contributed by atoms with Crippen LogP contribution in [0.25, 0.3) is 0 Å². The lowest BCUT2D eigenvalue weighted by Gasteiger charge is -2.19. The molecule has 0 spiro atoms. The first-order chi connectivity index (χ1) is 9.24. The molecule has 100 valence electrons. The molecule has 5 nitrogen and oxygen atoms in total. The van der Waals surface area contributed by atoms with Gasteiger partial charge in [0, 0.05) is 31.6 Å². The van der Waals surface area contributed by atoms with Crippen molar-refractivity contribution < 1.29 is 9.13 Å². The Morgan fingerprint density at radius 3 is 3.16 bits per heavy atom. The molecular formula is C13H15FN4O. The van der Waals surface area contributed by atoms with Crippen LogP contribution in [-0.2, 0) is 11.8 Å². The van der Waals surface area contributed by atoms with Crippen molar-refractivity contribution in [3.63, 3.8) is 0 Å². The second-order valence-corrected chi connectivity index (χ2v) is 4.61. The maximum Gasteiger partial charge on any atom is 0.165 e. The average Bonchev–Trinajstić information content (AvgIpc) is 3.01. The molecule has 3 rings (SSSR count). The maximum atomic E-state index is 13.6. The molecule has 0 radical (unpaired) electrons. The molecular weight excluding hydrogens is 247 g/mol. The van der Waals surface area contributed by atoms with Crippen LogP contribution in [0.4, 0.5) is 10.2 Å². The number of pyridine rings is 1. The average molecular weight is 262 g/mol. The normalized spacial score (nSPS) is 22.6. The zero-order valence-corrected chi connectivity index (χ0v) is 10.6. The van der Waals surface area contributed by atoms with Crippen molar-refractivity contribution >= 4 is 5.82 Å². The summed E-state index contributed by atoms with van der Waals surface area (Å²) in [6.45, 7) is 0.645. The predicted molar refractivity (Wildman–Crippen MR) is 68.1 cm³/mol. The van der Waals surface area contributed by atoms with Crippen molar-refractivity contribution in [2.24, 2.45) is 7.05 Å². The van der Waals surface area contributed by atoms with Crippen LogP contribution < -0.4 is 5.32 Å². The molecule has 2 aromatic heterocycles. The lowest BCUT2D eigenvalue weighted by molar-refractivity contribution is 0.107. The molecule has 1 aliphatic rings. The fourth-order valence-corrected chi connectivity index (χ4v) is 2.32. The summed E-state index contributed by atoms with van der Waals surface area (Å²) in [5.74, 6) is -0.0776. The van der Waals surface area contributed by atoms with Gasteiger partial charge in [-0.2, -0.15) is 5.10 Å². The van der Waals surface area contributed by atoms with Gasteiger partial charge in [-0.25, -0.2) is 9.37 Å². The Labute approximate surface area is 110 Å². The van der Waals surface area contributed by atoms with E-state index in [2.05, 4.69) is 15.4 Å². The van der Waals surface area contributed by atoms with Crippen LogP contribution in [0.3, 0.4) is 0 Å². The van der Waals surface area contributed by atoms with E-state index < -0.39 is 0 Å². The zero-order valence-electron chi connectivity index (χ0n) is 10.6. The summed E-state index contributed by atoms with van der Waals surface area (Å²) in [4.78, 5) is 4.01. The topological polar surface area (TPSA) is 52.0 Å². The van der Waals surface area contributed by atoms with Gasteiger partial charge in [-0.3, -0.25) is 4.68 Å². The van der Waals surface area contributed by atoms with E-state index in [0.29, 0.717) is 6.61 Å². The predicted octanol–water partition coefficient (Wildman–Crippen LogP) is 1.90. The van der Waals surface area contributed by atoms with Crippen molar-refractivity contribution in [1.82, 2.24) is 14.8 Å². The van der Waals surface area contributed by atoms with E-state index in [1.165, 1.54) is 6.07 Å². The molecule has 0 amide bonds. The molecule has 0 unspecified atom stereocenters. The number of nitrogens with zero attached hydrogens (tertiary/aromatic N) is 3. The molecule has 0 aromatic carbocycles. The number of ether oxygens (including phenoxy) is 1. The fraction of sp³-hybridized carbons (Fsp3) is 0.385. The summed E-state index contributed by atoms with van der Waals surface area (Å²) >= 11 is 0. The van der Waals surface area contributed by atoms with Crippen molar-refractivity contribution in [3.8, 4) is 0 Å². The largest absolute Gasteiger partial charge is 0.371 e. The molecule has 1 aliphatic heterocycles. The van der Waals surface area contributed by atoms with Gasteiger partial charge in [0.2, 0.25) is 0 Å². The summed E-state index contributed by atoms with van der Waals surface area (Å²) in [5.41, 5.74) is 0.994. The van der Waals surface area contributed by atoms with Crippen LogP contribution in [0.15, 0.2) is 30.7 Å². The van der Waals surface area contributed by atoms with E-state index in [1.54, 1.807) is 23.1 Å². The van der Waals surface area contributed by atoms with Crippen LogP contribution in [0.5, 0.6) is 0 Å². The molecule has 0 bridgehead atoms. The maximum absolute atomic E-state index is 13.6. The highest BCUT2D eigenvalue weighted by molar-refractivity contribution is 5.38. The first-order valence-electron chi connectivity index (χ1n) is 6.21. The van der Waals surface area contributed by atoms with Gasteiger partial charge >= 0.3 is 0 Å². The molecule has 1 fully saturated rings. The Morgan fingerprint density at radius 2 is 2.42 bits per heavy atom. The van der Waals surface area contributed by atoms with E-state index in [4.69, 9.17) is 4.74 Å². The highest BCUT2D eigenvalue weighted by atomic mass is 19.1. The zero-order chi connectivity index (χ0) is 13.2. The summed E-state index contributed by atoms with van der Waals surface area (Å²) in [7, 11) is 1.86. The quantitative estimate of drug-likeness (QED) is 0.917. The first kappa shape index (κ1) is 12.1. The lowest BCUT2D eigenvalue weighted by atomic mass is 10.1. The van der Waals surface area contributed by atoms with Crippen LogP contribution in [-0.4, -0.2) is 27.4 Å². The molecule has 1 saturated heterocycles. The molecule has 0 aliphatic carbocycles. The Balaban J connectivity index is 1.79. The highest BCUT2D eigenvalue weighted by Gasteiger charge is 2.31. The smallest absolute Gasteiger partial charge is 0.165 e. The Kier molecular flexibility index (Phi) is 3.16. The van der Waals surface area contributed by atoms with Crippen molar-refractivity contribution in [2.75, 3.05) is 11.9 Å². The standard InChI is InChI=1S/C13H15FN4O/c1-18-8-9(7-16-18)12-11(4-6-19-12)17-13-10(14)3-2-5-15-13/h2-3,5,7-8,11-12H,4,6H2,1H3,(H,15,17)/t11-,12+/m0/s1. The van der Waals surface area contributed by atoms with Gasteiger partial charge in [0.15, 0.2) is 11.6 Å². The van der Waals surface area contributed by atoms with E-state index >= 15 is 0 Å². The van der Waals surface area contributed by atoms with Gasteiger partial charge in [0.1, 0.15) is 6.10 Å². The molecule has 6 heteroatoms. The summed E-state index contributed by atoms with van der Waals surface area (Å²) in [5, 5.41) is 7.26. The SMILES string of the molecule is Cn1cc([C@H]2OCC[C@@H]2Nc2ncccc2F)cn1. The second-order valence-electron chi connectivity index (χ2n) is 4.61. The highest BCUT2D eigenvalue weighted by Crippen LogP contribution is 2.31.